The molecule has 3 rings (SSSR count). The highest BCUT2D eigenvalue weighted by Gasteiger charge is 2.08. The van der Waals surface area contributed by atoms with E-state index in [0.29, 0.717) is 17.3 Å². The second-order valence-corrected chi connectivity index (χ2v) is 4.91. The molecule has 104 valence electrons. The molecule has 1 aromatic heterocycles. The quantitative estimate of drug-likeness (QED) is 0.683. The summed E-state index contributed by atoms with van der Waals surface area (Å²) in [4.78, 5) is 14.9. The predicted molar refractivity (Wildman–Crippen MR) is 80.0 cm³/mol. The Bertz CT molecular complexity index is 789. The van der Waals surface area contributed by atoms with E-state index < -0.39 is 0 Å². The van der Waals surface area contributed by atoms with Crippen LogP contribution in [0.1, 0.15) is 21.8 Å². The highest BCUT2D eigenvalue weighted by Crippen LogP contribution is 2.27. The molecule has 0 saturated carbocycles. The van der Waals surface area contributed by atoms with Crippen molar-refractivity contribution in [3.63, 3.8) is 0 Å². The van der Waals surface area contributed by atoms with E-state index in [1.54, 1.807) is 6.92 Å². The van der Waals surface area contributed by atoms with E-state index >= 15 is 0 Å². The number of aryl methyl sites for hydroxylation is 2. The summed E-state index contributed by atoms with van der Waals surface area (Å²) >= 11 is 0. The lowest BCUT2D eigenvalue weighted by Gasteiger charge is -2.07. The summed E-state index contributed by atoms with van der Waals surface area (Å²) in [5.74, 6) is 1.15. The average molecular weight is 278 g/mol. The van der Waals surface area contributed by atoms with Crippen LogP contribution in [-0.2, 0) is 0 Å². The highest BCUT2D eigenvalue weighted by atomic mass is 16.5. The Balaban J connectivity index is 1.99. The van der Waals surface area contributed by atoms with Gasteiger partial charge in [-0.25, -0.2) is 0 Å². The maximum absolute atomic E-state index is 10.7. The summed E-state index contributed by atoms with van der Waals surface area (Å²) in [5.41, 5.74) is 4.92. The fraction of sp³-hybridized carbons (Fsp3) is 0.118. The first kappa shape index (κ1) is 13.2. The first-order valence-electron chi connectivity index (χ1n) is 6.64. The van der Waals surface area contributed by atoms with Gasteiger partial charge >= 0.3 is 0 Å². The van der Waals surface area contributed by atoms with E-state index in [0.717, 1.165) is 28.5 Å². The smallest absolute Gasteiger partial charge is 0.223 e. The first-order valence-corrected chi connectivity index (χ1v) is 6.64. The monoisotopic (exact) mass is 278 g/mol. The normalized spacial score (nSPS) is 10.6. The molecule has 0 fully saturated rings. The van der Waals surface area contributed by atoms with Crippen molar-refractivity contribution >= 4 is 6.29 Å². The van der Waals surface area contributed by atoms with Crippen LogP contribution in [0.2, 0.25) is 0 Å². The van der Waals surface area contributed by atoms with Crippen molar-refractivity contribution < 1.29 is 9.32 Å². The first-order chi connectivity index (χ1) is 10.2. The van der Waals surface area contributed by atoms with Gasteiger partial charge in [-0.2, -0.15) is 4.98 Å². The molecule has 4 heteroatoms. The van der Waals surface area contributed by atoms with Crippen molar-refractivity contribution in [3.05, 3.63) is 59.5 Å². The molecule has 0 unspecified atom stereocenters. The molecule has 0 bridgehead atoms. The molecule has 21 heavy (non-hydrogen) atoms. The molecule has 0 aliphatic rings. The third kappa shape index (κ3) is 2.60. The van der Waals surface area contributed by atoms with Crippen LogP contribution in [0.3, 0.4) is 0 Å². The minimum Gasteiger partial charge on any atom is -0.339 e. The van der Waals surface area contributed by atoms with Crippen LogP contribution in [0.25, 0.3) is 22.5 Å². The van der Waals surface area contributed by atoms with Gasteiger partial charge < -0.3 is 4.52 Å². The fourth-order valence-electron chi connectivity index (χ4n) is 2.28. The van der Waals surface area contributed by atoms with Gasteiger partial charge in [-0.3, -0.25) is 4.79 Å². The topological polar surface area (TPSA) is 56.0 Å². The molecule has 1 heterocycles. The number of carbonyl (C=O) groups is 1. The maximum atomic E-state index is 10.7. The van der Waals surface area contributed by atoms with Gasteiger partial charge in [-0.15, -0.1) is 0 Å². The van der Waals surface area contributed by atoms with Gasteiger partial charge in [0.15, 0.2) is 0 Å². The zero-order valence-corrected chi connectivity index (χ0v) is 11.8. The number of carbonyl (C=O) groups excluding carboxylic acids is 1. The third-order valence-electron chi connectivity index (χ3n) is 3.37. The summed E-state index contributed by atoms with van der Waals surface area (Å²) in [6.45, 7) is 3.81. The van der Waals surface area contributed by atoms with Crippen molar-refractivity contribution in [2.75, 3.05) is 0 Å². The number of aldehydes is 1. The SMILES string of the molecule is Cc1nc(-c2ccc(-c3ccc(C=O)cc3)c(C)c2)no1. The van der Waals surface area contributed by atoms with Crippen molar-refractivity contribution in [2.45, 2.75) is 13.8 Å². The average Bonchev–Trinajstić information content (AvgIpc) is 2.94. The van der Waals surface area contributed by atoms with Gasteiger partial charge in [0.2, 0.25) is 11.7 Å². The lowest BCUT2D eigenvalue weighted by Crippen LogP contribution is -1.88. The maximum Gasteiger partial charge on any atom is 0.223 e. The number of hydrogen-bond donors (Lipinski definition) is 0. The number of nitrogens with zero attached hydrogens (tertiary/aromatic N) is 2. The molecule has 0 spiro atoms. The second-order valence-electron chi connectivity index (χ2n) is 4.91. The Labute approximate surface area is 122 Å². The lowest BCUT2D eigenvalue weighted by molar-refractivity contribution is 0.112. The van der Waals surface area contributed by atoms with E-state index in [2.05, 4.69) is 10.1 Å². The summed E-state index contributed by atoms with van der Waals surface area (Å²) in [5, 5.41) is 3.93. The van der Waals surface area contributed by atoms with Crippen LogP contribution in [0.5, 0.6) is 0 Å². The Kier molecular flexibility index (Phi) is 3.36. The van der Waals surface area contributed by atoms with Gasteiger partial charge in [0.25, 0.3) is 0 Å². The van der Waals surface area contributed by atoms with Gasteiger partial charge in [-0.05, 0) is 29.7 Å². The summed E-state index contributed by atoms with van der Waals surface area (Å²) in [6, 6.07) is 13.6. The van der Waals surface area contributed by atoms with E-state index in [1.165, 1.54) is 0 Å². The molecule has 2 aromatic carbocycles. The van der Waals surface area contributed by atoms with Crippen molar-refractivity contribution in [1.29, 1.82) is 0 Å². The highest BCUT2D eigenvalue weighted by molar-refractivity contribution is 5.78. The molecule has 3 aromatic rings. The molecular weight excluding hydrogens is 264 g/mol. The Morgan fingerprint density at radius 3 is 2.29 bits per heavy atom. The third-order valence-corrected chi connectivity index (χ3v) is 3.37. The molecule has 0 N–H and O–H groups in total. The van der Waals surface area contributed by atoms with Crippen LogP contribution in [-0.4, -0.2) is 16.4 Å². The van der Waals surface area contributed by atoms with Gasteiger partial charge in [0.1, 0.15) is 6.29 Å². The predicted octanol–water partition coefficient (Wildman–Crippen LogP) is 3.83. The minimum absolute atomic E-state index is 0.552. The van der Waals surface area contributed by atoms with Crippen LogP contribution >= 0.6 is 0 Å². The van der Waals surface area contributed by atoms with Crippen LogP contribution in [0.15, 0.2) is 47.0 Å². The molecule has 4 nitrogen and oxygen atoms in total. The molecule has 0 amide bonds. The van der Waals surface area contributed by atoms with Gasteiger partial charge in [0, 0.05) is 18.1 Å². The summed E-state index contributed by atoms with van der Waals surface area (Å²) < 4.78 is 5.01. The van der Waals surface area contributed by atoms with E-state index in [1.807, 2.05) is 49.4 Å². The second kappa shape index (κ2) is 5.32. The molecule has 0 aliphatic carbocycles. The number of rotatable bonds is 3. The minimum atomic E-state index is 0.552. The zero-order chi connectivity index (χ0) is 14.8. The molecular formula is C17H14N2O2. The summed E-state index contributed by atoms with van der Waals surface area (Å²) in [6.07, 6.45) is 0.846. The Morgan fingerprint density at radius 1 is 1.00 bits per heavy atom. The zero-order valence-electron chi connectivity index (χ0n) is 11.8. The van der Waals surface area contributed by atoms with Crippen molar-refractivity contribution in [2.24, 2.45) is 0 Å². The number of aromatic nitrogens is 2. The number of hydrogen-bond acceptors (Lipinski definition) is 4. The molecule has 0 saturated heterocycles. The summed E-state index contributed by atoms with van der Waals surface area (Å²) in [7, 11) is 0. The molecule has 0 radical (unpaired) electrons. The van der Waals surface area contributed by atoms with Crippen LogP contribution in [0, 0.1) is 13.8 Å². The fourth-order valence-corrected chi connectivity index (χ4v) is 2.28. The van der Waals surface area contributed by atoms with Crippen LogP contribution in [0.4, 0.5) is 0 Å². The van der Waals surface area contributed by atoms with E-state index in [9.17, 15) is 4.79 Å². The largest absolute Gasteiger partial charge is 0.339 e. The molecule has 0 aliphatic heterocycles. The molecule has 0 atom stereocenters. The van der Waals surface area contributed by atoms with Crippen molar-refractivity contribution in [3.8, 4) is 22.5 Å². The van der Waals surface area contributed by atoms with Crippen molar-refractivity contribution in [1.82, 2.24) is 10.1 Å². The number of benzene rings is 2. The van der Waals surface area contributed by atoms with E-state index in [-0.39, 0.29) is 0 Å². The van der Waals surface area contributed by atoms with E-state index in [4.69, 9.17) is 4.52 Å². The van der Waals surface area contributed by atoms with Crippen LogP contribution < -0.4 is 0 Å². The Hall–Kier alpha value is -2.75. The van der Waals surface area contributed by atoms with Gasteiger partial charge in [-0.1, -0.05) is 41.6 Å². The standard InChI is InChI=1S/C17H14N2O2/c1-11-9-15(17-18-12(2)21-19-17)7-8-16(11)14-5-3-13(10-20)4-6-14/h3-10H,1-2H3. The Morgan fingerprint density at radius 2 is 1.71 bits per heavy atom. The lowest BCUT2D eigenvalue weighted by atomic mass is 9.97. The van der Waals surface area contributed by atoms with Gasteiger partial charge in [0.05, 0.1) is 0 Å².